The fourth-order valence-corrected chi connectivity index (χ4v) is 8.58. The molecule has 4 aliphatic rings. The predicted octanol–water partition coefficient (Wildman–Crippen LogP) is 5.59. The average Bonchev–Trinajstić information content (AvgIpc) is 3.38. The molecule has 224 valence electrons. The summed E-state index contributed by atoms with van der Waals surface area (Å²) in [6.07, 6.45) is 2.67. The van der Waals surface area contributed by atoms with Crippen LogP contribution in [0.5, 0.6) is 11.5 Å². The third kappa shape index (κ3) is 4.01. The number of para-hydroxylation sites is 1. The lowest BCUT2D eigenvalue weighted by molar-refractivity contribution is -0.141. The number of benzene rings is 3. The van der Waals surface area contributed by atoms with Gasteiger partial charge in [0, 0.05) is 5.92 Å². The maximum absolute atomic E-state index is 14.5. The van der Waals surface area contributed by atoms with Gasteiger partial charge in [-0.1, -0.05) is 60.2 Å². The van der Waals surface area contributed by atoms with Gasteiger partial charge in [0.15, 0.2) is 11.5 Å². The number of rotatable bonds is 5. The molecule has 2 saturated heterocycles. The number of nitrogens with zero attached hydrogens (tertiary/aromatic N) is 2. The monoisotopic (exact) mass is 654 g/mol. The SMILES string of the molecule is COc1cc(C2C3=CCC4C(=O)N(Cc5ccccc5)C(=O)C4C3CC3C(=O)N(c4ccccc4)C(=O)C32C)cc(Br)c1O. The van der Waals surface area contributed by atoms with Gasteiger partial charge in [0.2, 0.25) is 23.6 Å². The molecule has 9 heteroatoms. The van der Waals surface area contributed by atoms with Crippen LogP contribution in [0.15, 0.2) is 88.9 Å². The Balaban J connectivity index is 1.36. The lowest BCUT2D eigenvalue weighted by atomic mass is 9.51. The summed E-state index contributed by atoms with van der Waals surface area (Å²) in [5, 5.41) is 10.6. The van der Waals surface area contributed by atoms with Gasteiger partial charge in [-0.25, -0.2) is 4.90 Å². The van der Waals surface area contributed by atoms with Crippen molar-refractivity contribution in [3.63, 3.8) is 0 Å². The van der Waals surface area contributed by atoms with Crippen molar-refractivity contribution in [1.82, 2.24) is 4.90 Å². The normalized spacial score (nSPS) is 29.3. The van der Waals surface area contributed by atoms with Crippen LogP contribution in [-0.2, 0) is 25.7 Å². The van der Waals surface area contributed by atoms with Crippen molar-refractivity contribution >= 4 is 45.2 Å². The van der Waals surface area contributed by atoms with Gasteiger partial charge in [0.1, 0.15) is 0 Å². The molecular weight excluding hydrogens is 624 g/mol. The van der Waals surface area contributed by atoms with Crippen LogP contribution in [-0.4, -0.2) is 40.7 Å². The smallest absolute Gasteiger partial charge is 0.241 e. The third-order valence-corrected chi connectivity index (χ3v) is 10.8. The number of imide groups is 2. The predicted molar refractivity (Wildman–Crippen MR) is 165 cm³/mol. The number of hydrogen-bond donors (Lipinski definition) is 1. The molecule has 44 heavy (non-hydrogen) atoms. The highest BCUT2D eigenvalue weighted by molar-refractivity contribution is 9.10. The Labute approximate surface area is 263 Å². The second-order valence-electron chi connectivity index (χ2n) is 12.3. The molecule has 0 bridgehead atoms. The topological polar surface area (TPSA) is 104 Å². The maximum Gasteiger partial charge on any atom is 0.241 e. The Hall–Kier alpha value is -4.24. The Morgan fingerprint density at radius 3 is 2.30 bits per heavy atom. The second kappa shape index (κ2) is 10.4. The van der Waals surface area contributed by atoms with E-state index in [1.165, 1.54) is 16.9 Å². The minimum absolute atomic E-state index is 0.0733. The van der Waals surface area contributed by atoms with Crippen LogP contribution < -0.4 is 9.64 Å². The number of amides is 4. The van der Waals surface area contributed by atoms with Gasteiger partial charge in [-0.05, 0) is 77.0 Å². The summed E-state index contributed by atoms with van der Waals surface area (Å²) in [4.78, 5) is 59.2. The van der Waals surface area contributed by atoms with Crippen LogP contribution in [0.25, 0.3) is 0 Å². The first-order valence-corrected chi connectivity index (χ1v) is 15.5. The van der Waals surface area contributed by atoms with Crippen molar-refractivity contribution < 1.29 is 29.0 Å². The van der Waals surface area contributed by atoms with Crippen LogP contribution in [0.3, 0.4) is 0 Å². The van der Waals surface area contributed by atoms with Gasteiger partial charge in [0.05, 0.1) is 47.0 Å². The average molecular weight is 656 g/mol. The molecule has 3 aromatic rings. The summed E-state index contributed by atoms with van der Waals surface area (Å²) in [6.45, 7) is 2.03. The van der Waals surface area contributed by atoms with E-state index in [0.29, 0.717) is 22.1 Å². The van der Waals surface area contributed by atoms with E-state index in [1.807, 2.05) is 49.4 Å². The molecule has 2 heterocycles. The fraction of sp³-hybridized carbons (Fsp3) is 0.314. The van der Waals surface area contributed by atoms with Crippen molar-refractivity contribution in [3.8, 4) is 11.5 Å². The molecule has 0 spiro atoms. The van der Waals surface area contributed by atoms with E-state index in [-0.39, 0.29) is 48.1 Å². The lowest BCUT2D eigenvalue weighted by Crippen LogP contribution is -2.48. The summed E-state index contributed by atoms with van der Waals surface area (Å²) in [5.74, 6) is -3.80. The number of phenols is 1. The van der Waals surface area contributed by atoms with Crippen molar-refractivity contribution in [2.24, 2.45) is 29.1 Å². The number of hydrogen-bond acceptors (Lipinski definition) is 6. The summed E-state index contributed by atoms with van der Waals surface area (Å²) in [5.41, 5.74) is 1.74. The fourth-order valence-electron chi connectivity index (χ4n) is 8.12. The van der Waals surface area contributed by atoms with Crippen LogP contribution in [0.2, 0.25) is 0 Å². The molecule has 1 saturated carbocycles. The van der Waals surface area contributed by atoms with E-state index in [1.54, 1.807) is 36.4 Å². The Morgan fingerprint density at radius 1 is 0.932 bits per heavy atom. The zero-order valence-electron chi connectivity index (χ0n) is 24.3. The van der Waals surface area contributed by atoms with E-state index in [4.69, 9.17) is 4.74 Å². The van der Waals surface area contributed by atoms with Crippen LogP contribution in [0.1, 0.15) is 36.8 Å². The number of anilines is 1. The molecule has 0 aromatic heterocycles. The first-order chi connectivity index (χ1) is 21.2. The van der Waals surface area contributed by atoms with Crippen LogP contribution in [0, 0.1) is 29.1 Å². The zero-order chi connectivity index (χ0) is 30.9. The van der Waals surface area contributed by atoms with Gasteiger partial charge in [0.25, 0.3) is 0 Å². The number of likely N-dealkylation sites (tertiary alicyclic amines) is 1. The molecular formula is C35H31BrN2O6. The molecule has 3 fully saturated rings. The van der Waals surface area contributed by atoms with E-state index < -0.39 is 35.0 Å². The summed E-state index contributed by atoms with van der Waals surface area (Å²) in [6, 6.07) is 21.8. The maximum atomic E-state index is 14.5. The molecule has 8 nitrogen and oxygen atoms in total. The van der Waals surface area contributed by atoms with Gasteiger partial charge in [-0.3, -0.25) is 24.1 Å². The highest BCUT2D eigenvalue weighted by Crippen LogP contribution is 2.64. The molecule has 1 N–H and O–H groups in total. The minimum Gasteiger partial charge on any atom is -0.503 e. The van der Waals surface area contributed by atoms with Crippen molar-refractivity contribution in [3.05, 3.63) is 100 Å². The molecule has 0 radical (unpaired) electrons. The number of carbonyl (C=O) groups excluding carboxylic acids is 4. The van der Waals surface area contributed by atoms with Crippen LogP contribution in [0.4, 0.5) is 5.69 Å². The molecule has 4 amide bonds. The Kier molecular flexibility index (Phi) is 6.77. The van der Waals surface area contributed by atoms with Gasteiger partial charge < -0.3 is 9.84 Å². The number of phenolic OH excluding ortho intramolecular Hbond substituents is 1. The summed E-state index contributed by atoms with van der Waals surface area (Å²) in [7, 11) is 1.45. The van der Waals surface area contributed by atoms with E-state index in [2.05, 4.69) is 15.9 Å². The first kappa shape index (κ1) is 28.5. The zero-order valence-corrected chi connectivity index (χ0v) is 25.9. The standard InChI is InChI=1S/C35H31BrN2O6/c1-35-25(32(41)38(34(35)43)21-11-7-4-8-12-21)17-24-22(29(35)20-15-26(36)30(39)27(16-20)44-2)13-14-23-28(24)33(42)37(31(23)40)18-19-9-5-3-6-10-19/h3-13,15-16,23-25,28-29,39H,14,17-18H2,1-2H3. The number of halogens is 1. The number of ether oxygens (including phenoxy) is 1. The first-order valence-electron chi connectivity index (χ1n) is 14.8. The van der Waals surface area contributed by atoms with Crippen molar-refractivity contribution in [2.75, 3.05) is 12.0 Å². The molecule has 3 aromatic carbocycles. The number of methoxy groups -OCH3 is 1. The largest absolute Gasteiger partial charge is 0.503 e. The Morgan fingerprint density at radius 2 is 1.61 bits per heavy atom. The van der Waals surface area contributed by atoms with Gasteiger partial charge in [-0.15, -0.1) is 0 Å². The summed E-state index contributed by atoms with van der Waals surface area (Å²) < 4.78 is 5.87. The van der Waals surface area contributed by atoms with Crippen molar-refractivity contribution in [1.29, 1.82) is 0 Å². The number of fused-ring (bicyclic) bond motifs is 4. The van der Waals surface area contributed by atoms with Crippen molar-refractivity contribution in [2.45, 2.75) is 32.2 Å². The molecule has 2 aliphatic carbocycles. The number of carbonyl (C=O) groups is 4. The number of allylic oxidation sites excluding steroid dienone is 2. The van der Waals surface area contributed by atoms with E-state index in [0.717, 1.165) is 11.1 Å². The second-order valence-corrected chi connectivity index (χ2v) is 13.2. The molecule has 2 aliphatic heterocycles. The van der Waals surface area contributed by atoms with Crippen LogP contribution >= 0.6 is 15.9 Å². The Bertz CT molecular complexity index is 1740. The minimum atomic E-state index is -1.18. The quantitative estimate of drug-likeness (QED) is 0.284. The number of aromatic hydroxyl groups is 1. The highest BCUT2D eigenvalue weighted by atomic mass is 79.9. The molecule has 6 unspecified atom stereocenters. The molecule has 6 atom stereocenters. The van der Waals surface area contributed by atoms with Gasteiger partial charge >= 0.3 is 0 Å². The summed E-state index contributed by atoms with van der Waals surface area (Å²) >= 11 is 3.44. The highest BCUT2D eigenvalue weighted by Gasteiger charge is 2.67. The molecule has 7 rings (SSSR count). The van der Waals surface area contributed by atoms with E-state index in [9.17, 15) is 24.3 Å². The van der Waals surface area contributed by atoms with E-state index >= 15 is 0 Å². The van der Waals surface area contributed by atoms with Gasteiger partial charge in [-0.2, -0.15) is 0 Å². The lowest BCUT2D eigenvalue weighted by Gasteiger charge is -2.49. The third-order valence-electron chi connectivity index (χ3n) is 10.2.